The van der Waals surface area contributed by atoms with Crippen LogP contribution >= 0.6 is 11.3 Å². The van der Waals surface area contributed by atoms with Crippen LogP contribution in [0.3, 0.4) is 0 Å². The number of thiazole rings is 1. The monoisotopic (exact) mass is 410 g/mol. The number of anilines is 1. The number of amides is 3. The zero-order valence-electron chi connectivity index (χ0n) is 16.8. The molecule has 1 aromatic heterocycles. The first-order chi connectivity index (χ1) is 13.3. The largest absolute Gasteiger partial charge is 0.376 e. The second-order valence-electron chi connectivity index (χ2n) is 7.58. The molecule has 0 bridgehead atoms. The Labute approximate surface area is 170 Å². The van der Waals surface area contributed by atoms with Crippen molar-refractivity contribution in [3.8, 4) is 0 Å². The molecule has 28 heavy (non-hydrogen) atoms. The predicted octanol–water partition coefficient (Wildman–Crippen LogP) is 2.17. The van der Waals surface area contributed by atoms with E-state index in [9.17, 15) is 14.4 Å². The van der Waals surface area contributed by atoms with E-state index in [1.54, 1.807) is 11.6 Å². The van der Waals surface area contributed by atoms with E-state index >= 15 is 0 Å². The van der Waals surface area contributed by atoms with E-state index in [2.05, 4.69) is 15.6 Å². The minimum Gasteiger partial charge on any atom is -0.376 e. The summed E-state index contributed by atoms with van der Waals surface area (Å²) < 4.78 is 5.62. The topological polar surface area (TPSA) is 101 Å². The van der Waals surface area contributed by atoms with Crippen molar-refractivity contribution >= 4 is 34.2 Å². The highest BCUT2D eigenvalue weighted by molar-refractivity contribution is 7.13. The van der Waals surface area contributed by atoms with E-state index in [0.717, 1.165) is 19.3 Å². The van der Waals surface area contributed by atoms with Crippen LogP contribution in [0.15, 0.2) is 11.6 Å². The summed E-state index contributed by atoms with van der Waals surface area (Å²) >= 11 is 1.32. The molecule has 9 heteroatoms. The number of carbonyl (C=O) groups excluding carboxylic acids is 3. The molecular weight excluding hydrogens is 380 g/mol. The van der Waals surface area contributed by atoms with Gasteiger partial charge >= 0.3 is 0 Å². The number of nitrogens with one attached hydrogen (secondary N) is 2. The van der Waals surface area contributed by atoms with Crippen molar-refractivity contribution in [1.29, 1.82) is 0 Å². The number of rotatable bonds is 10. The average molecular weight is 411 g/mol. The van der Waals surface area contributed by atoms with Gasteiger partial charge in [0.1, 0.15) is 0 Å². The molecule has 2 N–H and O–H groups in total. The number of hydrogen-bond donors (Lipinski definition) is 2. The van der Waals surface area contributed by atoms with Gasteiger partial charge in [-0.2, -0.15) is 0 Å². The minimum absolute atomic E-state index is 0.0315. The van der Waals surface area contributed by atoms with Crippen LogP contribution in [0, 0.1) is 0 Å². The van der Waals surface area contributed by atoms with Gasteiger partial charge < -0.3 is 20.3 Å². The minimum atomic E-state index is -0.330. The molecular formula is C19H30N4O4S. The molecule has 2 heterocycles. The highest BCUT2D eigenvalue weighted by Crippen LogP contribution is 2.15. The van der Waals surface area contributed by atoms with Gasteiger partial charge in [-0.15, -0.1) is 11.3 Å². The SMILES string of the molecule is CCC(C)(C)NC(=O)CN(C[C@H]1CCCO1)C(=O)CCC(=O)Nc1nccs1. The number of nitrogens with zero attached hydrogens (tertiary/aromatic N) is 2. The molecule has 1 aliphatic rings. The molecule has 1 saturated heterocycles. The molecule has 3 amide bonds. The van der Waals surface area contributed by atoms with Gasteiger partial charge in [-0.05, 0) is 33.1 Å². The molecule has 1 fully saturated rings. The van der Waals surface area contributed by atoms with Crippen LogP contribution in [0.2, 0.25) is 0 Å². The lowest BCUT2D eigenvalue weighted by Crippen LogP contribution is -2.49. The third-order valence-electron chi connectivity index (χ3n) is 4.74. The molecule has 156 valence electrons. The maximum atomic E-state index is 12.7. The van der Waals surface area contributed by atoms with Gasteiger partial charge in [0.15, 0.2) is 5.13 Å². The third kappa shape index (κ3) is 7.55. The van der Waals surface area contributed by atoms with E-state index < -0.39 is 0 Å². The zero-order valence-corrected chi connectivity index (χ0v) is 17.6. The van der Waals surface area contributed by atoms with Gasteiger partial charge in [0.2, 0.25) is 17.7 Å². The molecule has 1 aromatic rings. The second-order valence-corrected chi connectivity index (χ2v) is 8.47. The van der Waals surface area contributed by atoms with Crippen LogP contribution in [-0.2, 0) is 19.1 Å². The first-order valence-electron chi connectivity index (χ1n) is 9.69. The molecule has 0 aromatic carbocycles. The Morgan fingerprint density at radius 3 is 2.71 bits per heavy atom. The van der Waals surface area contributed by atoms with E-state index in [1.807, 2.05) is 20.8 Å². The fourth-order valence-corrected chi connectivity index (χ4v) is 3.36. The summed E-state index contributed by atoms with van der Waals surface area (Å²) in [7, 11) is 0. The van der Waals surface area contributed by atoms with Crippen LogP contribution in [0.5, 0.6) is 0 Å². The van der Waals surface area contributed by atoms with Crippen LogP contribution in [-0.4, -0.2) is 58.9 Å². The molecule has 1 aliphatic heterocycles. The first-order valence-corrected chi connectivity index (χ1v) is 10.6. The Kier molecular flexibility index (Phi) is 8.37. The van der Waals surface area contributed by atoms with E-state index in [1.165, 1.54) is 16.2 Å². The Bertz CT molecular complexity index is 657. The fraction of sp³-hybridized carbons (Fsp3) is 0.684. The molecule has 0 unspecified atom stereocenters. The molecule has 0 radical (unpaired) electrons. The van der Waals surface area contributed by atoms with Crippen molar-refractivity contribution in [2.45, 2.75) is 64.5 Å². The normalized spacial score (nSPS) is 16.6. The maximum absolute atomic E-state index is 12.7. The van der Waals surface area contributed by atoms with Gasteiger partial charge in [0.05, 0.1) is 12.6 Å². The van der Waals surface area contributed by atoms with Crippen molar-refractivity contribution in [3.63, 3.8) is 0 Å². The summed E-state index contributed by atoms with van der Waals surface area (Å²) in [5, 5.41) is 7.89. The summed E-state index contributed by atoms with van der Waals surface area (Å²) in [6.45, 7) is 6.90. The van der Waals surface area contributed by atoms with Crippen LogP contribution in [0.1, 0.15) is 52.9 Å². The predicted molar refractivity (Wildman–Crippen MR) is 108 cm³/mol. The average Bonchev–Trinajstić information content (AvgIpc) is 3.32. The summed E-state index contributed by atoms with van der Waals surface area (Å²) in [5.74, 6) is -0.698. The number of aromatic nitrogens is 1. The highest BCUT2D eigenvalue weighted by Gasteiger charge is 2.26. The third-order valence-corrected chi connectivity index (χ3v) is 5.43. The smallest absolute Gasteiger partial charge is 0.240 e. The van der Waals surface area contributed by atoms with Crippen LogP contribution in [0.4, 0.5) is 5.13 Å². The van der Waals surface area contributed by atoms with Crippen molar-refractivity contribution in [3.05, 3.63) is 11.6 Å². The van der Waals surface area contributed by atoms with Crippen molar-refractivity contribution in [1.82, 2.24) is 15.2 Å². The lowest BCUT2D eigenvalue weighted by atomic mass is 10.0. The standard InChI is InChI=1S/C19H30N4O4S/c1-4-19(2,3)22-16(25)13-23(12-14-6-5-10-27-14)17(26)8-7-15(24)21-18-20-9-11-28-18/h9,11,14H,4-8,10,12-13H2,1-3H3,(H,22,25)(H,20,21,24)/t14-/m1/s1. The number of carbonyl (C=O) groups is 3. The van der Waals surface area contributed by atoms with Gasteiger partial charge in [-0.3, -0.25) is 14.4 Å². The molecule has 0 saturated carbocycles. The Morgan fingerprint density at radius 2 is 2.11 bits per heavy atom. The lowest BCUT2D eigenvalue weighted by molar-refractivity contribution is -0.138. The summed E-state index contributed by atoms with van der Waals surface area (Å²) in [4.78, 5) is 42.6. The van der Waals surface area contributed by atoms with E-state index in [4.69, 9.17) is 4.74 Å². The maximum Gasteiger partial charge on any atom is 0.240 e. The van der Waals surface area contributed by atoms with Crippen LogP contribution < -0.4 is 10.6 Å². The number of hydrogen-bond acceptors (Lipinski definition) is 6. The highest BCUT2D eigenvalue weighted by atomic mass is 32.1. The van der Waals surface area contributed by atoms with Crippen molar-refractivity contribution in [2.75, 3.05) is 25.0 Å². The zero-order chi connectivity index (χ0) is 20.6. The quantitative estimate of drug-likeness (QED) is 0.616. The molecule has 1 atom stereocenters. The Balaban J connectivity index is 1.90. The molecule has 0 spiro atoms. The first kappa shape index (κ1) is 22.3. The van der Waals surface area contributed by atoms with Crippen molar-refractivity contribution in [2.24, 2.45) is 0 Å². The lowest BCUT2D eigenvalue weighted by Gasteiger charge is -2.29. The molecule has 2 rings (SSSR count). The van der Waals surface area contributed by atoms with Gasteiger partial charge in [-0.1, -0.05) is 6.92 Å². The molecule has 8 nitrogen and oxygen atoms in total. The second kappa shape index (κ2) is 10.5. The summed E-state index contributed by atoms with van der Waals surface area (Å²) in [6, 6.07) is 0. The Morgan fingerprint density at radius 1 is 1.32 bits per heavy atom. The van der Waals surface area contributed by atoms with E-state index in [-0.39, 0.29) is 48.8 Å². The van der Waals surface area contributed by atoms with Gasteiger partial charge in [-0.25, -0.2) is 4.98 Å². The number of ether oxygens (including phenoxy) is 1. The summed E-state index contributed by atoms with van der Waals surface area (Å²) in [6.07, 6.45) is 4.24. The fourth-order valence-electron chi connectivity index (χ4n) is 2.81. The van der Waals surface area contributed by atoms with Crippen molar-refractivity contribution < 1.29 is 19.1 Å². The van der Waals surface area contributed by atoms with Crippen LogP contribution in [0.25, 0.3) is 0 Å². The van der Waals surface area contributed by atoms with E-state index in [0.29, 0.717) is 18.3 Å². The van der Waals surface area contributed by atoms with Gasteiger partial charge in [0.25, 0.3) is 0 Å². The Hall–Kier alpha value is -2.00. The molecule has 0 aliphatic carbocycles. The van der Waals surface area contributed by atoms with Gasteiger partial charge in [0, 0.05) is 43.1 Å². The summed E-state index contributed by atoms with van der Waals surface area (Å²) in [5.41, 5.74) is -0.330.